The maximum absolute atomic E-state index is 9.38. The molecule has 0 aromatic rings. The van der Waals surface area contributed by atoms with E-state index in [0.717, 1.165) is 44.9 Å². The van der Waals surface area contributed by atoms with E-state index < -0.39 is 0 Å². The number of fused-ring (bicyclic) bond motifs is 3. The van der Waals surface area contributed by atoms with Gasteiger partial charge in [0.2, 0.25) is 0 Å². The standard InChI is InChI=1S/C21H31NO4/c1-19(2,13-22)10-14-6-7-17-20(24-14)11-15(23-17)18-16(12-20)25-21(26-18)8-4-3-5-9-21/h14-18H,3-12H2,1-2H3/t14?,15?,16-,17?,18+,20?/m1/s1. The summed E-state index contributed by atoms with van der Waals surface area (Å²) in [6.07, 6.45) is 10.9. The van der Waals surface area contributed by atoms with Crippen molar-refractivity contribution < 1.29 is 18.9 Å². The monoisotopic (exact) mass is 361 g/mol. The first kappa shape index (κ1) is 17.4. The predicted octanol–water partition coefficient (Wildman–Crippen LogP) is 3.85. The van der Waals surface area contributed by atoms with Gasteiger partial charge in [-0.05, 0) is 46.0 Å². The van der Waals surface area contributed by atoms with Gasteiger partial charge in [0.05, 0.1) is 41.5 Å². The van der Waals surface area contributed by atoms with Crippen molar-refractivity contribution in [1.29, 1.82) is 5.26 Å². The van der Waals surface area contributed by atoms with E-state index in [4.69, 9.17) is 18.9 Å². The van der Waals surface area contributed by atoms with Crippen LogP contribution in [0.25, 0.3) is 0 Å². The second-order valence-electron chi connectivity index (χ2n) is 9.86. The zero-order valence-electron chi connectivity index (χ0n) is 16.0. The highest BCUT2D eigenvalue weighted by molar-refractivity contribution is 5.12. The molecule has 26 heavy (non-hydrogen) atoms. The molecule has 3 saturated heterocycles. The molecule has 5 rings (SSSR count). The average Bonchev–Trinajstić information content (AvgIpc) is 3.11. The van der Waals surface area contributed by atoms with E-state index in [-0.39, 0.29) is 47.3 Å². The molecule has 5 aliphatic rings. The quantitative estimate of drug-likeness (QED) is 0.748. The van der Waals surface area contributed by atoms with Crippen LogP contribution in [-0.4, -0.2) is 41.9 Å². The Morgan fingerprint density at radius 3 is 2.54 bits per heavy atom. The Morgan fingerprint density at radius 2 is 1.77 bits per heavy atom. The Morgan fingerprint density at radius 1 is 1.00 bits per heavy atom. The van der Waals surface area contributed by atoms with Crippen molar-refractivity contribution in [2.45, 2.75) is 120 Å². The summed E-state index contributed by atoms with van der Waals surface area (Å²) in [6, 6.07) is 2.42. The summed E-state index contributed by atoms with van der Waals surface area (Å²) in [4.78, 5) is 0. The molecule has 4 unspecified atom stereocenters. The summed E-state index contributed by atoms with van der Waals surface area (Å²) < 4.78 is 26.2. The number of hydrogen-bond acceptors (Lipinski definition) is 5. The Bertz CT molecular complexity index is 608. The minimum absolute atomic E-state index is 0.0712. The Labute approximate surface area is 156 Å². The smallest absolute Gasteiger partial charge is 0.169 e. The first-order valence-electron chi connectivity index (χ1n) is 10.5. The molecule has 0 amide bonds. The molecule has 0 N–H and O–H groups in total. The van der Waals surface area contributed by atoms with E-state index in [2.05, 4.69) is 6.07 Å². The van der Waals surface area contributed by atoms with Crippen molar-refractivity contribution in [3.63, 3.8) is 0 Å². The number of ether oxygens (including phenoxy) is 4. The summed E-state index contributed by atoms with van der Waals surface area (Å²) in [5.41, 5.74) is -0.576. The van der Waals surface area contributed by atoms with Gasteiger partial charge in [-0.15, -0.1) is 0 Å². The van der Waals surface area contributed by atoms with Crippen LogP contribution >= 0.6 is 0 Å². The second-order valence-corrected chi connectivity index (χ2v) is 9.86. The van der Waals surface area contributed by atoms with Gasteiger partial charge in [-0.1, -0.05) is 6.42 Å². The number of hydrogen-bond donors (Lipinski definition) is 0. The lowest BCUT2D eigenvalue weighted by molar-refractivity contribution is -0.216. The van der Waals surface area contributed by atoms with Gasteiger partial charge in [-0.2, -0.15) is 5.26 Å². The molecule has 3 heterocycles. The van der Waals surface area contributed by atoms with Crippen LogP contribution in [0.1, 0.15) is 78.1 Å². The maximum atomic E-state index is 9.38. The Kier molecular flexibility index (Phi) is 3.96. The maximum Gasteiger partial charge on any atom is 0.169 e. The van der Waals surface area contributed by atoms with E-state index in [1.165, 1.54) is 19.3 Å². The molecule has 2 aliphatic carbocycles. The molecule has 2 spiro atoms. The summed E-state index contributed by atoms with van der Waals surface area (Å²) in [6.45, 7) is 4.01. The Balaban J connectivity index is 1.33. The molecule has 0 radical (unpaired) electrons. The third-order valence-electron chi connectivity index (χ3n) is 7.28. The third-order valence-corrected chi connectivity index (χ3v) is 7.28. The van der Waals surface area contributed by atoms with Gasteiger partial charge < -0.3 is 18.9 Å². The normalized spacial score (nSPS) is 46.6. The molecule has 144 valence electrons. The van der Waals surface area contributed by atoms with Crippen molar-refractivity contribution >= 4 is 0 Å². The molecule has 2 saturated carbocycles. The summed E-state index contributed by atoms with van der Waals surface area (Å²) >= 11 is 0. The van der Waals surface area contributed by atoms with Gasteiger partial charge in [-0.25, -0.2) is 0 Å². The minimum atomic E-state index is -0.357. The molecule has 5 heteroatoms. The van der Waals surface area contributed by atoms with E-state index in [1.54, 1.807) is 0 Å². The van der Waals surface area contributed by atoms with Crippen molar-refractivity contribution in [2.75, 3.05) is 0 Å². The molecule has 5 fully saturated rings. The van der Waals surface area contributed by atoms with Crippen molar-refractivity contribution in [3.05, 3.63) is 0 Å². The number of nitrogens with zero attached hydrogens (tertiary/aromatic N) is 1. The van der Waals surface area contributed by atoms with Crippen molar-refractivity contribution in [3.8, 4) is 6.07 Å². The van der Waals surface area contributed by atoms with Gasteiger partial charge >= 0.3 is 0 Å². The second kappa shape index (κ2) is 5.91. The molecular formula is C21H31NO4. The fourth-order valence-electron chi connectivity index (χ4n) is 6.09. The molecule has 6 atom stereocenters. The van der Waals surface area contributed by atoms with Crippen molar-refractivity contribution in [2.24, 2.45) is 5.41 Å². The van der Waals surface area contributed by atoms with Gasteiger partial charge in [-0.3, -0.25) is 0 Å². The Hall–Kier alpha value is -0.670. The SMILES string of the molecule is CC(C)(C#N)CC1CCC2OC3CC2(C[C@H]2OC4(CCCCC4)O[C@@H]32)O1. The predicted molar refractivity (Wildman–Crippen MR) is 94.3 cm³/mol. The van der Waals surface area contributed by atoms with Crippen LogP contribution in [0.4, 0.5) is 0 Å². The van der Waals surface area contributed by atoms with Crippen LogP contribution in [0.3, 0.4) is 0 Å². The first-order chi connectivity index (χ1) is 12.4. The topological polar surface area (TPSA) is 60.7 Å². The summed E-state index contributed by atoms with van der Waals surface area (Å²) in [5.74, 6) is -0.357. The molecular weight excluding hydrogens is 330 g/mol. The number of rotatable bonds is 2. The van der Waals surface area contributed by atoms with Gasteiger partial charge in [0.25, 0.3) is 0 Å². The van der Waals surface area contributed by atoms with Gasteiger partial charge in [0.1, 0.15) is 6.10 Å². The van der Waals surface area contributed by atoms with Gasteiger partial charge in [0.15, 0.2) is 5.79 Å². The third kappa shape index (κ3) is 2.73. The van der Waals surface area contributed by atoms with Crippen LogP contribution in [0.2, 0.25) is 0 Å². The highest BCUT2D eigenvalue weighted by Crippen LogP contribution is 2.55. The summed E-state index contributed by atoms with van der Waals surface area (Å²) in [5, 5.41) is 9.38. The zero-order valence-corrected chi connectivity index (χ0v) is 16.0. The molecule has 2 bridgehead atoms. The van der Waals surface area contributed by atoms with Crippen LogP contribution in [0, 0.1) is 16.7 Å². The van der Waals surface area contributed by atoms with E-state index in [0.29, 0.717) is 0 Å². The van der Waals surface area contributed by atoms with E-state index >= 15 is 0 Å². The highest BCUT2D eigenvalue weighted by atomic mass is 16.8. The van der Waals surface area contributed by atoms with Crippen LogP contribution < -0.4 is 0 Å². The van der Waals surface area contributed by atoms with E-state index in [1.807, 2.05) is 13.8 Å². The fourth-order valence-corrected chi connectivity index (χ4v) is 6.09. The van der Waals surface area contributed by atoms with Crippen LogP contribution in [0.5, 0.6) is 0 Å². The summed E-state index contributed by atoms with van der Waals surface area (Å²) in [7, 11) is 0. The largest absolute Gasteiger partial charge is 0.369 e. The first-order valence-corrected chi connectivity index (χ1v) is 10.5. The molecule has 5 nitrogen and oxygen atoms in total. The average molecular weight is 361 g/mol. The minimum Gasteiger partial charge on any atom is -0.369 e. The highest BCUT2D eigenvalue weighted by Gasteiger charge is 2.65. The van der Waals surface area contributed by atoms with Crippen molar-refractivity contribution in [1.82, 2.24) is 0 Å². The van der Waals surface area contributed by atoms with Gasteiger partial charge in [0, 0.05) is 25.7 Å². The van der Waals surface area contributed by atoms with Crippen LogP contribution in [-0.2, 0) is 18.9 Å². The lowest BCUT2D eigenvalue weighted by Gasteiger charge is -2.45. The molecule has 3 aliphatic heterocycles. The molecule has 0 aromatic carbocycles. The lowest BCUT2D eigenvalue weighted by atomic mass is 9.75. The lowest BCUT2D eigenvalue weighted by Crippen LogP contribution is -2.54. The van der Waals surface area contributed by atoms with E-state index in [9.17, 15) is 5.26 Å². The fraction of sp³-hybridized carbons (Fsp3) is 0.952. The number of nitriles is 1. The molecule has 0 aromatic heterocycles. The zero-order chi connectivity index (χ0) is 18.0. The van der Waals surface area contributed by atoms with Crippen LogP contribution in [0.15, 0.2) is 0 Å².